The normalized spacial score (nSPS) is 11.8. The highest BCUT2D eigenvalue weighted by Gasteiger charge is 2.15. The van der Waals surface area contributed by atoms with E-state index in [1.165, 1.54) is 19.3 Å². The molecule has 0 saturated carbocycles. The summed E-state index contributed by atoms with van der Waals surface area (Å²) in [5.41, 5.74) is 0.405. The highest BCUT2D eigenvalue weighted by Crippen LogP contribution is 2.14. The summed E-state index contributed by atoms with van der Waals surface area (Å²) in [5, 5.41) is -0.382. The van der Waals surface area contributed by atoms with Crippen molar-refractivity contribution in [3.63, 3.8) is 0 Å². The summed E-state index contributed by atoms with van der Waals surface area (Å²) < 4.78 is 33.7. The van der Waals surface area contributed by atoms with E-state index in [0.29, 0.717) is 5.56 Å². The molecule has 0 aromatic carbocycles. The molecule has 5 heteroatoms. The van der Waals surface area contributed by atoms with Crippen molar-refractivity contribution in [2.24, 2.45) is 0 Å². The van der Waals surface area contributed by atoms with Gasteiger partial charge in [0.1, 0.15) is 0 Å². The second kappa shape index (κ2) is 2.10. The second-order valence-electron chi connectivity index (χ2n) is 1.87. The zero-order chi connectivity index (χ0) is 7.78. The van der Waals surface area contributed by atoms with Crippen LogP contribution < -0.4 is 0 Å². The molecule has 0 unspecified atom stereocenters. The van der Waals surface area contributed by atoms with E-state index in [1.807, 2.05) is 0 Å². The fraction of sp³-hybridized carbons (Fsp3) is 0.200. The highest BCUT2D eigenvalue weighted by atomic mass is 32.2. The SMILES string of the molecule is Cc1ccoc1S(=O)(=O)O. The van der Waals surface area contributed by atoms with E-state index >= 15 is 0 Å². The van der Waals surface area contributed by atoms with Crippen molar-refractivity contribution in [1.29, 1.82) is 0 Å². The van der Waals surface area contributed by atoms with Crippen molar-refractivity contribution >= 4 is 10.1 Å². The lowest BCUT2D eigenvalue weighted by molar-refractivity contribution is 0.404. The first kappa shape index (κ1) is 7.30. The van der Waals surface area contributed by atoms with Crippen molar-refractivity contribution in [3.05, 3.63) is 17.9 Å². The Hall–Kier alpha value is -0.810. The zero-order valence-electron chi connectivity index (χ0n) is 5.23. The van der Waals surface area contributed by atoms with Gasteiger partial charge in [-0.05, 0) is 13.0 Å². The molecule has 0 bridgehead atoms. The van der Waals surface area contributed by atoms with Crippen LogP contribution in [0.1, 0.15) is 5.56 Å². The minimum Gasteiger partial charge on any atom is -0.451 e. The summed E-state index contributed by atoms with van der Waals surface area (Å²) in [6.45, 7) is 1.53. The van der Waals surface area contributed by atoms with E-state index in [2.05, 4.69) is 4.42 Å². The molecular weight excluding hydrogens is 156 g/mol. The Morgan fingerprint density at radius 1 is 1.60 bits per heavy atom. The third kappa shape index (κ3) is 1.19. The number of hydrogen-bond donors (Lipinski definition) is 1. The first-order valence-corrected chi connectivity index (χ1v) is 3.97. The van der Waals surface area contributed by atoms with E-state index in [4.69, 9.17) is 4.55 Å². The van der Waals surface area contributed by atoms with Crippen LogP contribution in [0.3, 0.4) is 0 Å². The van der Waals surface area contributed by atoms with Crippen LogP contribution in [0.25, 0.3) is 0 Å². The van der Waals surface area contributed by atoms with E-state index in [1.54, 1.807) is 0 Å². The number of furan rings is 1. The molecule has 0 atom stereocenters. The molecule has 1 rings (SSSR count). The topological polar surface area (TPSA) is 67.5 Å². The molecule has 0 amide bonds. The third-order valence-corrected chi connectivity index (χ3v) is 1.94. The van der Waals surface area contributed by atoms with Crippen LogP contribution in [0.4, 0.5) is 0 Å². The molecule has 4 nitrogen and oxygen atoms in total. The van der Waals surface area contributed by atoms with E-state index < -0.39 is 10.1 Å². The molecule has 0 fully saturated rings. The van der Waals surface area contributed by atoms with Crippen LogP contribution in [0, 0.1) is 6.92 Å². The van der Waals surface area contributed by atoms with Crippen molar-refractivity contribution in [2.45, 2.75) is 12.0 Å². The van der Waals surface area contributed by atoms with Gasteiger partial charge < -0.3 is 4.42 Å². The predicted octanol–water partition coefficient (Wildman–Crippen LogP) is 0.835. The lowest BCUT2D eigenvalue weighted by atomic mass is 10.4. The minimum absolute atomic E-state index is 0.382. The summed E-state index contributed by atoms with van der Waals surface area (Å²) >= 11 is 0. The van der Waals surface area contributed by atoms with Crippen LogP contribution in [-0.4, -0.2) is 13.0 Å². The molecule has 0 spiro atoms. The second-order valence-corrected chi connectivity index (χ2v) is 3.19. The van der Waals surface area contributed by atoms with E-state index in [9.17, 15) is 8.42 Å². The molecule has 0 aliphatic carbocycles. The van der Waals surface area contributed by atoms with Crippen LogP contribution in [-0.2, 0) is 10.1 Å². The average Bonchev–Trinajstić information content (AvgIpc) is 2.11. The summed E-state index contributed by atoms with van der Waals surface area (Å²) in [6, 6.07) is 1.46. The Balaban J connectivity index is 3.32. The zero-order valence-corrected chi connectivity index (χ0v) is 6.05. The average molecular weight is 162 g/mol. The molecule has 56 valence electrons. The molecular formula is C5H6O4S. The van der Waals surface area contributed by atoms with Crippen LogP contribution in [0.5, 0.6) is 0 Å². The van der Waals surface area contributed by atoms with Gasteiger partial charge in [0.25, 0.3) is 0 Å². The van der Waals surface area contributed by atoms with Gasteiger partial charge in [-0.15, -0.1) is 0 Å². The molecule has 1 heterocycles. The quantitative estimate of drug-likeness (QED) is 0.621. The molecule has 0 radical (unpaired) electrons. The monoisotopic (exact) mass is 162 g/mol. The van der Waals surface area contributed by atoms with Gasteiger partial charge in [-0.2, -0.15) is 8.42 Å². The predicted molar refractivity (Wildman–Crippen MR) is 33.3 cm³/mol. The van der Waals surface area contributed by atoms with Gasteiger partial charge >= 0.3 is 10.1 Å². The molecule has 0 saturated heterocycles. The number of rotatable bonds is 1. The first-order valence-electron chi connectivity index (χ1n) is 2.53. The van der Waals surface area contributed by atoms with Crippen molar-refractivity contribution < 1.29 is 17.4 Å². The van der Waals surface area contributed by atoms with Gasteiger partial charge in [-0.3, -0.25) is 4.55 Å². The molecule has 0 aliphatic heterocycles. The summed E-state index contributed by atoms with van der Waals surface area (Å²) in [6.07, 6.45) is 1.21. The maximum Gasteiger partial charge on any atom is 0.328 e. The fourth-order valence-electron chi connectivity index (χ4n) is 0.623. The standard InChI is InChI=1S/C5H6O4S/c1-4-2-3-9-5(4)10(6,7)8/h2-3H,1H3,(H,6,7,8). The fourth-order valence-corrected chi connectivity index (χ4v) is 1.28. The molecule has 0 aliphatic rings. The summed E-state index contributed by atoms with van der Waals surface area (Å²) in [7, 11) is -4.16. The Morgan fingerprint density at radius 2 is 2.20 bits per heavy atom. The summed E-state index contributed by atoms with van der Waals surface area (Å²) in [5.74, 6) is 0. The smallest absolute Gasteiger partial charge is 0.328 e. The Bertz CT molecular complexity index is 321. The molecule has 1 aromatic heterocycles. The molecule has 10 heavy (non-hydrogen) atoms. The van der Waals surface area contributed by atoms with Gasteiger partial charge in [0, 0.05) is 5.56 Å². The largest absolute Gasteiger partial charge is 0.451 e. The van der Waals surface area contributed by atoms with Crippen molar-refractivity contribution in [3.8, 4) is 0 Å². The maximum atomic E-state index is 10.4. The first-order chi connectivity index (χ1) is 4.52. The summed E-state index contributed by atoms with van der Waals surface area (Å²) in [4.78, 5) is 0. The maximum absolute atomic E-state index is 10.4. The van der Waals surface area contributed by atoms with Crippen LogP contribution >= 0.6 is 0 Å². The third-order valence-electron chi connectivity index (χ3n) is 1.05. The minimum atomic E-state index is -4.16. The van der Waals surface area contributed by atoms with Gasteiger partial charge in [-0.25, -0.2) is 0 Å². The van der Waals surface area contributed by atoms with Crippen LogP contribution in [0.2, 0.25) is 0 Å². The highest BCUT2D eigenvalue weighted by molar-refractivity contribution is 7.85. The van der Waals surface area contributed by atoms with Crippen molar-refractivity contribution in [1.82, 2.24) is 0 Å². The number of aryl methyl sites for hydroxylation is 1. The van der Waals surface area contributed by atoms with Gasteiger partial charge in [0.2, 0.25) is 5.09 Å². The Labute approximate surface area is 58.2 Å². The molecule has 1 aromatic rings. The molecule has 1 N–H and O–H groups in total. The lowest BCUT2D eigenvalue weighted by Crippen LogP contribution is -1.97. The number of hydrogen-bond acceptors (Lipinski definition) is 3. The van der Waals surface area contributed by atoms with Gasteiger partial charge in [0.15, 0.2) is 0 Å². The van der Waals surface area contributed by atoms with Gasteiger partial charge in [0.05, 0.1) is 6.26 Å². The van der Waals surface area contributed by atoms with Crippen LogP contribution in [0.15, 0.2) is 21.8 Å². The van der Waals surface area contributed by atoms with E-state index in [-0.39, 0.29) is 5.09 Å². The Morgan fingerprint density at radius 3 is 2.40 bits per heavy atom. The van der Waals surface area contributed by atoms with E-state index in [0.717, 1.165) is 0 Å². The van der Waals surface area contributed by atoms with Gasteiger partial charge in [-0.1, -0.05) is 0 Å². The van der Waals surface area contributed by atoms with Crippen molar-refractivity contribution in [2.75, 3.05) is 0 Å². The Kier molecular flexibility index (Phi) is 1.53. The lowest BCUT2D eigenvalue weighted by Gasteiger charge is -1.89.